The first kappa shape index (κ1) is 16.3. The Labute approximate surface area is 133 Å². The summed E-state index contributed by atoms with van der Waals surface area (Å²) in [7, 11) is -3.96. The van der Waals surface area contributed by atoms with E-state index in [4.69, 9.17) is 21.5 Å². The van der Waals surface area contributed by atoms with E-state index in [1.165, 1.54) is 48.5 Å². The maximum Gasteiger partial charge on any atom is 0.339 e. The maximum absolute atomic E-state index is 12.1. The van der Waals surface area contributed by atoms with Crippen LogP contribution in [0.2, 0.25) is 5.02 Å². The number of amides is 1. The van der Waals surface area contributed by atoms with Gasteiger partial charge in [0.2, 0.25) is 5.91 Å². The zero-order valence-corrected chi connectivity index (χ0v) is 12.9. The summed E-state index contributed by atoms with van der Waals surface area (Å²) in [5.41, 5.74) is 5.62. The molecule has 0 saturated heterocycles. The van der Waals surface area contributed by atoms with Gasteiger partial charge in [0.25, 0.3) is 0 Å². The lowest BCUT2D eigenvalue weighted by Gasteiger charge is -2.08. The lowest BCUT2D eigenvalue weighted by Crippen LogP contribution is -2.21. The van der Waals surface area contributed by atoms with Crippen LogP contribution < -0.4 is 15.2 Å². The quantitative estimate of drug-likeness (QED) is 0.811. The third kappa shape index (κ3) is 4.20. The summed E-state index contributed by atoms with van der Waals surface area (Å²) in [6.07, 6.45) is 0. The predicted molar refractivity (Wildman–Crippen MR) is 83.4 cm³/mol. The van der Waals surface area contributed by atoms with Gasteiger partial charge in [-0.3, -0.25) is 4.79 Å². The van der Waals surface area contributed by atoms with Crippen molar-refractivity contribution in [3.63, 3.8) is 0 Å². The van der Waals surface area contributed by atoms with Crippen molar-refractivity contribution < 1.29 is 17.4 Å². The van der Waals surface area contributed by atoms with Crippen molar-refractivity contribution in [2.75, 3.05) is 11.9 Å². The number of hydrogen-bond acceptors (Lipinski definition) is 5. The number of nitrogens with one attached hydrogen (secondary N) is 1. The van der Waals surface area contributed by atoms with Crippen molar-refractivity contribution in [1.29, 1.82) is 0 Å². The molecule has 2 rings (SSSR count). The molecule has 0 heterocycles. The molecular weight excluding hydrogens is 328 g/mol. The van der Waals surface area contributed by atoms with Gasteiger partial charge < -0.3 is 15.2 Å². The Morgan fingerprint density at radius 2 is 1.68 bits per heavy atom. The molecule has 8 heteroatoms. The summed E-state index contributed by atoms with van der Waals surface area (Å²) >= 11 is 5.72. The van der Waals surface area contributed by atoms with Gasteiger partial charge in [0.1, 0.15) is 10.6 Å². The molecule has 0 aromatic heterocycles. The van der Waals surface area contributed by atoms with Gasteiger partial charge in [-0.2, -0.15) is 8.42 Å². The molecule has 0 aliphatic rings. The Bertz CT molecular complexity index is 758. The van der Waals surface area contributed by atoms with Crippen molar-refractivity contribution in [3.05, 3.63) is 53.6 Å². The highest BCUT2D eigenvalue weighted by molar-refractivity contribution is 7.87. The summed E-state index contributed by atoms with van der Waals surface area (Å²) in [4.78, 5) is 11.1. The average Bonchev–Trinajstić information content (AvgIpc) is 2.50. The van der Waals surface area contributed by atoms with Crippen LogP contribution in [0.4, 0.5) is 5.69 Å². The lowest BCUT2D eigenvalue weighted by molar-refractivity contribution is -0.114. The fraction of sp³-hybridized carbons (Fsp3) is 0.0714. The summed E-state index contributed by atoms with van der Waals surface area (Å²) in [5, 5.41) is 2.99. The minimum atomic E-state index is -3.96. The smallest absolute Gasteiger partial charge is 0.339 e. The van der Waals surface area contributed by atoms with Crippen LogP contribution in [0.3, 0.4) is 0 Å². The molecule has 0 atom stereocenters. The number of carbonyl (C=O) groups excluding carboxylic acids is 1. The second-order valence-electron chi connectivity index (χ2n) is 4.27. The zero-order valence-electron chi connectivity index (χ0n) is 11.3. The fourth-order valence-electron chi connectivity index (χ4n) is 1.58. The third-order valence-electron chi connectivity index (χ3n) is 2.63. The summed E-state index contributed by atoms with van der Waals surface area (Å²) in [5.74, 6) is -0.210. The van der Waals surface area contributed by atoms with E-state index in [0.29, 0.717) is 10.7 Å². The Morgan fingerprint density at radius 1 is 1.09 bits per heavy atom. The molecule has 0 fully saturated rings. The molecule has 0 spiro atoms. The van der Waals surface area contributed by atoms with E-state index in [2.05, 4.69) is 5.32 Å². The lowest BCUT2D eigenvalue weighted by atomic mass is 10.3. The van der Waals surface area contributed by atoms with E-state index in [9.17, 15) is 13.2 Å². The van der Waals surface area contributed by atoms with Gasteiger partial charge in [0.05, 0.1) is 6.54 Å². The van der Waals surface area contributed by atoms with Crippen LogP contribution in [0, 0.1) is 0 Å². The van der Waals surface area contributed by atoms with E-state index >= 15 is 0 Å². The monoisotopic (exact) mass is 340 g/mol. The predicted octanol–water partition coefficient (Wildman–Crippen LogP) is 2.00. The topological polar surface area (TPSA) is 98.5 Å². The molecule has 2 aromatic rings. The van der Waals surface area contributed by atoms with Gasteiger partial charge in [-0.15, -0.1) is 0 Å². The second kappa shape index (κ2) is 6.78. The number of hydrogen-bond donors (Lipinski definition) is 2. The zero-order chi connectivity index (χ0) is 16.2. The van der Waals surface area contributed by atoms with Gasteiger partial charge in [0, 0.05) is 10.7 Å². The van der Waals surface area contributed by atoms with Crippen LogP contribution >= 0.6 is 11.6 Å². The highest BCUT2D eigenvalue weighted by Gasteiger charge is 2.16. The van der Waals surface area contributed by atoms with E-state index in [1.807, 2.05) is 0 Å². The van der Waals surface area contributed by atoms with Crippen LogP contribution in [0.1, 0.15) is 0 Å². The molecular formula is C14H13ClN2O4S. The van der Waals surface area contributed by atoms with Gasteiger partial charge in [-0.05, 0) is 48.5 Å². The summed E-state index contributed by atoms with van der Waals surface area (Å²) < 4.78 is 29.2. The number of carbonyl (C=O) groups is 1. The van der Waals surface area contributed by atoms with Crippen molar-refractivity contribution in [2.24, 2.45) is 5.73 Å². The number of anilines is 1. The molecule has 0 unspecified atom stereocenters. The maximum atomic E-state index is 12.1. The van der Waals surface area contributed by atoms with Crippen LogP contribution in [-0.2, 0) is 14.9 Å². The molecule has 116 valence electrons. The van der Waals surface area contributed by atoms with E-state index in [1.54, 1.807) is 0 Å². The molecule has 0 radical (unpaired) electrons. The van der Waals surface area contributed by atoms with Crippen LogP contribution in [0.15, 0.2) is 53.4 Å². The Morgan fingerprint density at radius 3 is 2.23 bits per heavy atom. The largest absolute Gasteiger partial charge is 0.379 e. The SMILES string of the molecule is NCC(=O)Nc1ccc(S(=O)(=O)Oc2ccc(Cl)cc2)cc1. The molecule has 6 nitrogen and oxygen atoms in total. The summed E-state index contributed by atoms with van der Waals surface area (Å²) in [6, 6.07) is 11.5. The first-order chi connectivity index (χ1) is 10.4. The van der Waals surface area contributed by atoms with Crippen molar-refractivity contribution in [1.82, 2.24) is 0 Å². The number of nitrogens with two attached hydrogens (primary N) is 1. The number of benzene rings is 2. The van der Waals surface area contributed by atoms with E-state index < -0.39 is 10.1 Å². The van der Waals surface area contributed by atoms with E-state index in [0.717, 1.165) is 0 Å². The normalized spacial score (nSPS) is 11.0. The minimum Gasteiger partial charge on any atom is -0.379 e. The molecule has 0 aliphatic carbocycles. The van der Waals surface area contributed by atoms with Gasteiger partial charge in [-0.1, -0.05) is 11.6 Å². The Balaban J connectivity index is 2.15. The minimum absolute atomic E-state index is 0.0341. The van der Waals surface area contributed by atoms with Crippen LogP contribution in [-0.4, -0.2) is 20.9 Å². The molecule has 0 saturated carbocycles. The van der Waals surface area contributed by atoms with Crippen molar-refractivity contribution in [3.8, 4) is 5.75 Å². The van der Waals surface area contributed by atoms with Gasteiger partial charge in [-0.25, -0.2) is 0 Å². The highest BCUT2D eigenvalue weighted by atomic mass is 35.5. The van der Waals surface area contributed by atoms with Crippen LogP contribution in [0.5, 0.6) is 5.75 Å². The average molecular weight is 341 g/mol. The molecule has 1 amide bonds. The second-order valence-corrected chi connectivity index (χ2v) is 6.25. The molecule has 3 N–H and O–H groups in total. The first-order valence-electron chi connectivity index (χ1n) is 6.21. The van der Waals surface area contributed by atoms with Crippen molar-refractivity contribution in [2.45, 2.75) is 4.90 Å². The molecule has 2 aromatic carbocycles. The molecule has 22 heavy (non-hydrogen) atoms. The number of halogens is 1. The van der Waals surface area contributed by atoms with Crippen molar-refractivity contribution >= 4 is 33.3 Å². The first-order valence-corrected chi connectivity index (χ1v) is 7.99. The molecule has 0 bridgehead atoms. The van der Waals surface area contributed by atoms with Gasteiger partial charge in [0.15, 0.2) is 0 Å². The highest BCUT2D eigenvalue weighted by Crippen LogP contribution is 2.21. The third-order valence-corrected chi connectivity index (χ3v) is 4.15. The fourth-order valence-corrected chi connectivity index (χ4v) is 2.64. The van der Waals surface area contributed by atoms with E-state index in [-0.39, 0.29) is 23.1 Å². The summed E-state index contributed by atoms with van der Waals surface area (Å²) in [6.45, 7) is -0.153. The Kier molecular flexibility index (Phi) is 5.02. The van der Waals surface area contributed by atoms with Gasteiger partial charge >= 0.3 is 10.1 Å². The van der Waals surface area contributed by atoms with Crippen LogP contribution in [0.25, 0.3) is 0 Å². The molecule has 0 aliphatic heterocycles. The Hall–Kier alpha value is -2.09. The standard InChI is InChI=1S/C14H13ClN2O4S/c15-10-1-5-12(6-2-10)21-22(19,20)13-7-3-11(4-8-13)17-14(18)9-16/h1-8H,9,16H2,(H,17,18). The number of rotatable bonds is 5.